The number of hydrogen-bond donors (Lipinski definition) is 2. The van der Waals surface area contributed by atoms with Crippen molar-refractivity contribution in [3.05, 3.63) is 24.0 Å². The number of carbonyl (C=O) groups is 1. The molecule has 1 aliphatic rings. The lowest BCUT2D eigenvalue weighted by Gasteiger charge is -2.28. The van der Waals surface area contributed by atoms with E-state index in [4.69, 9.17) is 4.74 Å². The van der Waals surface area contributed by atoms with E-state index in [1.165, 1.54) is 6.20 Å². The molecule has 2 atom stereocenters. The minimum absolute atomic E-state index is 0.167. The van der Waals surface area contributed by atoms with Crippen molar-refractivity contribution in [2.24, 2.45) is 0 Å². The van der Waals surface area contributed by atoms with E-state index in [1.807, 2.05) is 0 Å². The van der Waals surface area contributed by atoms with Gasteiger partial charge in [-0.3, -0.25) is 9.78 Å². The third-order valence-corrected chi connectivity index (χ3v) is 3.25. The Morgan fingerprint density at radius 3 is 3.00 bits per heavy atom. The third kappa shape index (κ3) is 2.98. The van der Waals surface area contributed by atoms with Crippen LogP contribution in [-0.2, 0) is 0 Å². The highest BCUT2D eigenvalue weighted by Gasteiger charge is 2.25. The van der Waals surface area contributed by atoms with Gasteiger partial charge in [-0.25, -0.2) is 0 Å². The molecule has 0 aromatic carbocycles. The zero-order chi connectivity index (χ0) is 13.0. The van der Waals surface area contributed by atoms with Crippen molar-refractivity contribution in [3.63, 3.8) is 0 Å². The van der Waals surface area contributed by atoms with Gasteiger partial charge in [-0.1, -0.05) is 12.8 Å². The molecule has 0 bridgehead atoms. The molecule has 1 aromatic rings. The minimum Gasteiger partial charge on any atom is -0.497 e. The normalized spacial score (nSPS) is 23.4. The Labute approximate surface area is 106 Å². The van der Waals surface area contributed by atoms with Crippen molar-refractivity contribution in [3.8, 4) is 5.75 Å². The van der Waals surface area contributed by atoms with E-state index in [1.54, 1.807) is 19.2 Å². The SMILES string of the molecule is COc1ccnc(C(=O)NC2CCCCC2O)c1. The number of amides is 1. The highest BCUT2D eigenvalue weighted by atomic mass is 16.5. The summed E-state index contributed by atoms with van der Waals surface area (Å²) in [4.78, 5) is 16.0. The highest BCUT2D eigenvalue weighted by molar-refractivity contribution is 5.92. The summed E-state index contributed by atoms with van der Waals surface area (Å²) in [6, 6.07) is 3.11. The summed E-state index contributed by atoms with van der Waals surface area (Å²) < 4.78 is 5.05. The molecule has 5 heteroatoms. The molecule has 1 amide bonds. The molecule has 5 nitrogen and oxygen atoms in total. The van der Waals surface area contributed by atoms with Crippen LogP contribution in [0.4, 0.5) is 0 Å². The van der Waals surface area contributed by atoms with Crippen molar-refractivity contribution in [1.82, 2.24) is 10.3 Å². The van der Waals surface area contributed by atoms with Crippen molar-refractivity contribution >= 4 is 5.91 Å². The lowest BCUT2D eigenvalue weighted by Crippen LogP contribution is -2.45. The molecule has 0 aliphatic heterocycles. The van der Waals surface area contributed by atoms with Gasteiger partial charge in [0, 0.05) is 12.3 Å². The number of aliphatic hydroxyl groups excluding tert-OH is 1. The number of nitrogens with one attached hydrogen (secondary N) is 1. The fourth-order valence-corrected chi connectivity index (χ4v) is 2.18. The maximum absolute atomic E-state index is 12.0. The number of aliphatic hydroxyl groups is 1. The van der Waals surface area contributed by atoms with Crippen molar-refractivity contribution < 1.29 is 14.6 Å². The first-order chi connectivity index (χ1) is 8.70. The number of hydrogen-bond acceptors (Lipinski definition) is 4. The molecule has 18 heavy (non-hydrogen) atoms. The van der Waals surface area contributed by atoms with Gasteiger partial charge in [0.15, 0.2) is 0 Å². The summed E-state index contributed by atoms with van der Waals surface area (Å²) in [5.74, 6) is 0.333. The Balaban J connectivity index is 2.02. The third-order valence-electron chi connectivity index (χ3n) is 3.25. The second-order valence-electron chi connectivity index (χ2n) is 4.51. The molecular weight excluding hydrogens is 232 g/mol. The topological polar surface area (TPSA) is 71.5 Å². The smallest absolute Gasteiger partial charge is 0.270 e. The van der Waals surface area contributed by atoms with E-state index in [9.17, 15) is 9.90 Å². The van der Waals surface area contributed by atoms with Crippen LogP contribution < -0.4 is 10.1 Å². The van der Waals surface area contributed by atoms with Crippen molar-refractivity contribution in [2.75, 3.05) is 7.11 Å². The Bertz CT molecular complexity index is 422. The van der Waals surface area contributed by atoms with Crippen molar-refractivity contribution in [1.29, 1.82) is 0 Å². The van der Waals surface area contributed by atoms with Crippen molar-refractivity contribution in [2.45, 2.75) is 37.8 Å². The summed E-state index contributed by atoms with van der Waals surface area (Å²) >= 11 is 0. The van der Waals surface area contributed by atoms with E-state index in [0.29, 0.717) is 11.4 Å². The van der Waals surface area contributed by atoms with Crippen LogP contribution in [0.2, 0.25) is 0 Å². The van der Waals surface area contributed by atoms with Gasteiger partial charge >= 0.3 is 0 Å². The summed E-state index contributed by atoms with van der Waals surface area (Å²) in [6.07, 6.45) is 4.70. The molecule has 98 valence electrons. The Kier molecular flexibility index (Phi) is 4.15. The zero-order valence-corrected chi connectivity index (χ0v) is 10.4. The number of aromatic nitrogens is 1. The maximum Gasteiger partial charge on any atom is 0.270 e. The van der Waals surface area contributed by atoms with Crippen LogP contribution in [0.1, 0.15) is 36.2 Å². The molecule has 0 saturated heterocycles. The van der Waals surface area contributed by atoms with E-state index < -0.39 is 6.10 Å². The fourth-order valence-electron chi connectivity index (χ4n) is 2.18. The molecule has 0 spiro atoms. The number of nitrogens with zero attached hydrogens (tertiary/aromatic N) is 1. The molecule has 1 heterocycles. The van der Waals surface area contributed by atoms with Crippen LogP contribution >= 0.6 is 0 Å². The monoisotopic (exact) mass is 250 g/mol. The van der Waals surface area contributed by atoms with E-state index >= 15 is 0 Å². The molecule has 0 radical (unpaired) electrons. The molecule has 1 aromatic heterocycles. The van der Waals surface area contributed by atoms with Gasteiger partial charge in [0.2, 0.25) is 0 Å². The quantitative estimate of drug-likeness (QED) is 0.843. The van der Waals surface area contributed by atoms with Gasteiger partial charge in [-0.05, 0) is 18.9 Å². The van der Waals surface area contributed by atoms with Crippen LogP contribution in [0.3, 0.4) is 0 Å². The molecule has 2 unspecified atom stereocenters. The van der Waals surface area contributed by atoms with E-state index in [2.05, 4.69) is 10.3 Å². The van der Waals surface area contributed by atoms with Gasteiger partial charge in [-0.15, -0.1) is 0 Å². The Morgan fingerprint density at radius 2 is 2.28 bits per heavy atom. The molecule has 1 aliphatic carbocycles. The first-order valence-electron chi connectivity index (χ1n) is 6.19. The molecule has 2 rings (SSSR count). The van der Waals surface area contributed by atoms with Gasteiger partial charge in [0.05, 0.1) is 19.3 Å². The Morgan fingerprint density at radius 1 is 1.50 bits per heavy atom. The summed E-state index contributed by atoms with van der Waals surface area (Å²) in [5.41, 5.74) is 0.312. The average molecular weight is 250 g/mol. The first-order valence-corrected chi connectivity index (χ1v) is 6.19. The summed E-state index contributed by atoms with van der Waals surface area (Å²) in [6.45, 7) is 0. The lowest BCUT2D eigenvalue weighted by atomic mass is 9.92. The van der Waals surface area contributed by atoms with Crippen LogP contribution in [0.5, 0.6) is 5.75 Å². The molecule has 1 saturated carbocycles. The minimum atomic E-state index is -0.451. The number of carbonyl (C=O) groups excluding carboxylic acids is 1. The van der Waals surface area contributed by atoms with Gasteiger partial charge in [0.1, 0.15) is 11.4 Å². The number of ether oxygens (including phenoxy) is 1. The Hall–Kier alpha value is -1.62. The summed E-state index contributed by atoms with van der Waals surface area (Å²) in [7, 11) is 1.54. The van der Waals surface area contributed by atoms with Crippen LogP contribution in [0, 0.1) is 0 Å². The predicted octanol–water partition coefficient (Wildman–Crippen LogP) is 1.12. The van der Waals surface area contributed by atoms with Gasteiger partial charge in [0.25, 0.3) is 5.91 Å². The standard InChI is InChI=1S/C13H18N2O3/c1-18-9-6-7-14-11(8-9)13(17)15-10-4-2-3-5-12(10)16/h6-8,10,12,16H,2-5H2,1H3,(H,15,17). The fraction of sp³-hybridized carbons (Fsp3) is 0.538. The first kappa shape index (κ1) is 12.8. The zero-order valence-electron chi connectivity index (χ0n) is 10.4. The second kappa shape index (κ2) is 5.82. The summed E-state index contributed by atoms with van der Waals surface area (Å²) in [5, 5.41) is 12.6. The van der Waals surface area contributed by atoms with Crippen LogP contribution in [-0.4, -0.2) is 35.3 Å². The van der Waals surface area contributed by atoms with Gasteiger partial charge in [-0.2, -0.15) is 0 Å². The van der Waals surface area contributed by atoms with E-state index in [-0.39, 0.29) is 11.9 Å². The van der Waals surface area contributed by atoms with E-state index in [0.717, 1.165) is 25.7 Å². The molecular formula is C13H18N2O3. The highest BCUT2D eigenvalue weighted by Crippen LogP contribution is 2.19. The largest absolute Gasteiger partial charge is 0.497 e. The predicted molar refractivity (Wildman–Crippen MR) is 66.5 cm³/mol. The molecule has 1 fully saturated rings. The number of methoxy groups -OCH3 is 1. The maximum atomic E-state index is 12.0. The number of pyridine rings is 1. The number of rotatable bonds is 3. The van der Waals surface area contributed by atoms with Crippen LogP contribution in [0.25, 0.3) is 0 Å². The second-order valence-corrected chi connectivity index (χ2v) is 4.51. The average Bonchev–Trinajstić information content (AvgIpc) is 2.41. The van der Waals surface area contributed by atoms with Crippen LogP contribution in [0.15, 0.2) is 18.3 Å². The van der Waals surface area contributed by atoms with Gasteiger partial charge < -0.3 is 15.2 Å². The molecule has 2 N–H and O–H groups in total. The lowest BCUT2D eigenvalue weighted by molar-refractivity contribution is 0.0713.